The maximum absolute atomic E-state index is 12.8. The fourth-order valence-electron chi connectivity index (χ4n) is 4.53. The fourth-order valence-corrected chi connectivity index (χ4v) is 4.53. The van der Waals surface area contributed by atoms with Gasteiger partial charge in [0.15, 0.2) is 0 Å². The van der Waals surface area contributed by atoms with Crippen LogP contribution in [0.15, 0.2) is 77.9 Å². The molecule has 0 saturated heterocycles. The Morgan fingerprint density at radius 2 is 1.26 bits per heavy atom. The lowest BCUT2D eigenvalue weighted by Crippen LogP contribution is -2.21. The van der Waals surface area contributed by atoms with E-state index in [9.17, 15) is 4.79 Å². The van der Waals surface area contributed by atoms with Crippen molar-refractivity contribution in [3.8, 4) is 11.4 Å². The summed E-state index contributed by atoms with van der Waals surface area (Å²) in [6.07, 6.45) is 3.27. The van der Waals surface area contributed by atoms with Crippen LogP contribution in [0.4, 0.5) is 28.7 Å². The van der Waals surface area contributed by atoms with Crippen LogP contribution in [0.1, 0.15) is 11.4 Å². The number of anilines is 5. The molecule has 0 bridgehead atoms. The molecule has 4 heterocycles. The molecule has 10 heteroatoms. The monoisotopic (exact) mass is 501 g/mol. The van der Waals surface area contributed by atoms with Crippen molar-refractivity contribution in [1.82, 2.24) is 29.9 Å². The second-order valence-electron chi connectivity index (χ2n) is 8.98. The average molecular weight is 502 g/mol. The first kappa shape index (κ1) is 23.0. The van der Waals surface area contributed by atoms with Gasteiger partial charge >= 0.3 is 5.69 Å². The van der Waals surface area contributed by atoms with Crippen LogP contribution in [-0.4, -0.2) is 29.9 Å². The minimum Gasteiger partial charge on any atom is -0.398 e. The summed E-state index contributed by atoms with van der Waals surface area (Å²) < 4.78 is 0. The van der Waals surface area contributed by atoms with E-state index in [0.717, 1.165) is 33.2 Å². The molecule has 0 spiro atoms. The Kier molecular flexibility index (Phi) is 5.42. The van der Waals surface area contributed by atoms with Crippen LogP contribution in [-0.2, 0) is 0 Å². The van der Waals surface area contributed by atoms with Gasteiger partial charge in [-0.05, 0) is 74.5 Å². The van der Waals surface area contributed by atoms with E-state index >= 15 is 0 Å². The summed E-state index contributed by atoms with van der Waals surface area (Å²) in [6.45, 7) is 3.80. The summed E-state index contributed by atoms with van der Waals surface area (Å²) in [5.41, 5.74) is 18.6. The number of nitrogens with one attached hydrogen (secondary N) is 1. The lowest BCUT2D eigenvalue weighted by molar-refractivity contribution is 0.968. The van der Waals surface area contributed by atoms with Gasteiger partial charge in [-0.2, -0.15) is 9.97 Å². The van der Waals surface area contributed by atoms with E-state index in [2.05, 4.69) is 24.9 Å². The predicted molar refractivity (Wildman–Crippen MR) is 149 cm³/mol. The molecule has 10 nitrogen and oxygen atoms in total. The van der Waals surface area contributed by atoms with E-state index in [-0.39, 0.29) is 5.95 Å². The number of pyridine rings is 3. The Hall–Kier alpha value is -5.38. The fraction of sp³-hybridized carbons (Fsp3) is 0.0714. The zero-order chi connectivity index (χ0) is 26.4. The van der Waals surface area contributed by atoms with E-state index in [1.54, 1.807) is 29.4 Å². The molecular weight excluding hydrogens is 478 g/mol. The number of hydrogen-bond acceptors (Lipinski definition) is 9. The summed E-state index contributed by atoms with van der Waals surface area (Å²) in [5.74, 6) is 0.541. The first-order valence-corrected chi connectivity index (χ1v) is 11.9. The van der Waals surface area contributed by atoms with Crippen molar-refractivity contribution in [2.24, 2.45) is 0 Å². The number of fused-ring (bicyclic) bond motifs is 2. The van der Waals surface area contributed by atoms with Gasteiger partial charge in [-0.1, -0.05) is 0 Å². The standard InChI is InChI=1S/C28H23N9O/c1-15-11-22(29)20-13-18(3-5-24(20)32-15)37(19-4-6-25-21(14-19)23(30)12-16(2)33-25)27-34-26(35-28(38)36-27)17-7-9-31-10-8-17/h3-14H,1-2H3,(H2,29,32)(H2,30,33)(H,34,35,36,38). The van der Waals surface area contributed by atoms with Crippen LogP contribution in [0, 0.1) is 13.8 Å². The first-order chi connectivity index (χ1) is 18.4. The molecule has 0 amide bonds. The van der Waals surface area contributed by atoms with E-state index in [0.29, 0.717) is 34.1 Å². The van der Waals surface area contributed by atoms with Crippen LogP contribution in [0.3, 0.4) is 0 Å². The second kappa shape index (κ2) is 8.93. The van der Waals surface area contributed by atoms with Gasteiger partial charge in [0.1, 0.15) is 5.82 Å². The molecule has 6 rings (SSSR count). The predicted octanol–water partition coefficient (Wildman–Crippen LogP) is 4.57. The lowest BCUT2D eigenvalue weighted by atomic mass is 10.1. The molecule has 2 aromatic carbocycles. The topological polar surface area (TPSA) is 153 Å². The van der Waals surface area contributed by atoms with E-state index in [1.807, 2.05) is 62.4 Å². The molecule has 186 valence electrons. The zero-order valence-corrected chi connectivity index (χ0v) is 20.7. The highest BCUT2D eigenvalue weighted by Gasteiger charge is 2.20. The minimum atomic E-state index is -0.540. The minimum absolute atomic E-state index is 0.177. The van der Waals surface area contributed by atoms with Crippen molar-refractivity contribution in [2.75, 3.05) is 16.4 Å². The van der Waals surface area contributed by atoms with Crippen LogP contribution in [0.5, 0.6) is 0 Å². The van der Waals surface area contributed by atoms with Crippen molar-refractivity contribution in [1.29, 1.82) is 0 Å². The Balaban J connectivity index is 1.61. The summed E-state index contributed by atoms with van der Waals surface area (Å²) in [5, 5.41) is 1.55. The van der Waals surface area contributed by atoms with Gasteiger partial charge in [-0.25, -0.2) is 4.79 Å². The van der Waals surface area contributed by atoms with Gasteiger partial charge in [-0.3, -0.25) is 24.8 Å². The number of nitrogen functional groups attached to an aromatic ring is 2. The molecule has 5 N–H and O–H groups in total. The Labute approximate surface area is 217 Å². The van der Waals surface area contributed by atoms with Crippen LogP contribution >= 0.6 is 0 Å². The average Bonchev–Trinajstić information content (AvgIpc) is 2.89. The number of hydrogen-bond donors (Lipinski definition) is 3. The Bertz CT molecular complexity index is 1810. The van der Waals surface area contributed by atoms with E-state index < -0.39 is 5.69 Å². The molecule has 4 aromatic heterocycles. The van der Waals surface area contributed by atoms with Crippen LogP contribution in [0.25, 0.3) is 33.2 Å². The summed E-state index contributed by atoms with van der Waals surface area (Å²) in [7, 11) is 0. The number of aryl methyl sites for hydroxylation is 2. The largest absolute Gasteiger partial charge is 0.398 e. The van der Waals surface area contributed by atoms with E-state index in [1.165, 1.54) is 0 Å². The molecule has 6 aromatic rings. The highest BCUT2D eigenvalue weighted by atomic mass is 16.1. The SMILES string of the molecule is Cc1cc(N)c2cc(N(c3ccc4nc(C)cc(N)c4c3)c3nc(-c4ccncc4)[nH]c(=O)n3)ccc2n1. The van der Waals surface area contributed by atoms with E-state index in [4.69, 9.17) is 16.5 Å². The molecule has 0 fully saturated rings. The van der Waals surface area contributed by atoms with Crippen molar-refractivity contribution in [3.63, 3.8) is 0 Å². The second-order valence-corrected chi connectivity index (χ2v) is 8.98. The quantitative estimate of drug-likeness (QED) is 0.315. The Morgan fingerprint density at radius 1 is 0.711 bits per heavy atom. The summed E-state index contributed by atoms with van der Waals surface area (Å²) in [6, 6.07) is 18.6. The van der Waals surface area contributed by atoms with Crippen molar-refractivity contribution in [3.05, 3.63) is 94.9 Å². The number of aromatic amines is 1. The van der Waals surface area contributed by atoms with Gasteiger partial charge in [-0.15, -0.1) is 0 Å². The number of benzene rings is 2. The number of nitrogens with two attached hydrogens (primary N) is 2. The third-order valence-electron chi connectivity index (χ3n) is 6.21. The van der Waals surface area contributed by atoms with Crippen molar-refractivity contribution < 1.29 is 0 Å². The third-order valence-corrected chi connectivity index (χ3v) is 6.21. The van der Waals surface area contributed by atoms with Gasteiger partial charge in [0.2, 0.25) is 5.95 Å². The number of H-pyrrole nitrogens is 1. The van der Waals surface area contributed by atoms with Gasteiger partial charge in [0.25, 0.3) is 0 Å². The van der Waals surface area contributed by atoms with Gasteiger partial charge in [0, 0.05) is 62.9 Å². The molecule has 0 atom stereocenters. The van der Waals surface area contributed by atoms with Crippen LogP contribution < -0.4 is 22.1 Å². The molecule has 0 saturated carbocycles. The molecule has 0 aliphatic rings. The maximum Gasteiger partial charge on any atom is 0.349 e. The lowest BCUT2D eigenvalue weighted by Gasteiger charge is -2.24. The number of aromatic nitrogens is 6. The summed E-state index contributed by atoms with van der Waals surface area (Å²) >= 11 is 0. The van der Waals surface area contributed by atoms with Gasteiger partial charge in [0.05, 0.1) is 11.0 Å². The molecule has 0 unspecified atom stereocenters. The molecule has 0 aliphatic carbocycles. The first-order valence-electron chi connectivity index (χ1n) is 11.9. The third kappa shape index (κ3) is 4.13. The number of nitrogens with zero attached hydrogens (tertiary/aromatic N) is 6. The smallest absolute Gasteiger partial charge is 0.349 e. The maximum atomic E-state index is 12.8. The zero-order valence-electron chi connectivity index (χ0n) is 20.7. The summed E-state index contributed by atoms with van der Waals surface area (Å²) in [4.78, 5) is 39.5. The van der Waals surface area contributed by atoms with Gasteiger partial charge < -0.3 is 11.5 Å². The molecule has 0 aliphatic heterocycles. The van der Waals surface area contributed by atoms with Crippen molar-refractivity contribution in [2.45, 2.75) is 13.8 Å². The normalized spacial score (nSPS) is 11.2. The highest BCUT2D eigenvalue weighted by Crippen LogP contribution is 2.37. The molecular formula is C28H23N9O. The van der Waals surface area contributed by atoms with Crippen LogP contribution in [0.2, 0.25) is 0 Å². The number of rotatable bonds is 4. The Morgan fingerprint density at radius 3 is 1.82 bits per heavy atom. The molecule has 38 heavy (non-hydrogen) atoms. The molecule has 0 radical (unpaired) electrons. The van der Waals surface area contributed by atoms with Crippen molar-refractivity contribution >= 4 is 50.5 Å². The highest BCUT2D eigenvalue weighted by molar-refractivity contribution is 5.97.